The van der Waals surface area contributed by atoms with Crippen molar-refractivity contribution in [2.24, 2.45) is 5.92 Å². The number of benzene rings is 2. The number of Topliss-reactive ketones (excluding diaryl/α,β-unsaturated/α-hetero) is 1. The fraction of sp³-hybridized carbons (Fsp3) is 0.231. The molecule has 1 atom stereocenters. The predicted molar refractivity (Wildman–Crippen MR) is 127 cm³/mol. The summed E-state index contributed by atoms with van der Waals surface area (Å²) in [6, 6.07) is 9.24. The highest BCUT2D eigenvalue weighted by molar-refractivity contribution is 5.99. The number of rotatable bonds is 9. The summed E-state index contributed by atoms with van der Waals surface area (Å²) in [4.78, 5) is 49.9. The van der Waals surface area contributed by atoms with Crippen molar-refractivity contribution in [1.82, 2.24) is 9.88 Å². The van der Waals surface area contributed by atoms with E-state index in [1.165, 1.54) is 25.4 Å². The van der Waals surface area contributed by atoms with Gasteiger partial charge in [-0.05, 0) is 41.5 Å². The highest BCUT2D eigenvalue weighted by atomic mass is 19.2. The number of hydrogen-bond donors (Lipinski definition) is 2. The Hall–Kier alpha value is -4.41. The topological polar surface area (TPSA) is 106 Å². The molecule has 0 bridgehead atoms. The minimum Gasteiger partial charge on any atom is -0.493 e. The number of ketones is 1. The van der Waals surface area contributed by atoms with E-state index in [9.17, 15) is 32.3 Å². The number of carbonyl (C=O) groups excluding carboxylic acids is 3. The molecule has 2 aromatic carbocycles. The zero-order valence-corrected chi connectivity index (χ0v) is 19.6. The van der Waals surface area contributed by atoms with Crippen molar-refractivity contribution >= 4 is 23.3 Å². The minimum atomic E-state index is -1.62. The number of nitrogens with zero attached hydrogens (tertiary/aromatic N) is 1. The van der Waals surface area contributed by atoms with Gasteiger partial charge in [-0.2, -0.15) is 0 Å². The summed E-state index contributed by atoms with van der Waals surface area (Å²) in [7, 11) is 1.40. The molecule has 0 fully saturated rings. The van der Waals surface area contributed by atoms with Crippen LogP contribution in [0.25, 0.3) is 0 Å². The maximum Gasteiger partial charge on any atom is 0.261 e. The summed E-state index contributed by atoms with van der Waals surface area (Å²) >= 11 is 0. The van der Waals surface area contributed by atoms with Crippen LogP contribution in [0.3, 0.4) is 0 Å². The Labute approximate surface area is 209 Å². The molecular weight excluding hydrogens is 491 g/mol. The van der Waals surface area contributed by atoms with E-state index in [2.05, 4.69) is 10.6 Å². The molecule has 4 rings (SSSR count). The first kappa shape index (κ1) is 25.7. The normalized spacial score (nSPS) is 13.0. The number of pyridine rings is 1. The SMILES string of the molecule is CNC(=O)[C@H](COc1ccc2c(c1)NC(=O)C2)CC(=O)c1cccn(Cc2cc(F)c(F)c(F)c2)c1=O. The van der Waals surface area contributed by atoms with Gasteiger partial charge in [-0.3, -0.25) is 19.2 Å². The maximum atomic E-state index is 13.6. The first-order valence-electron chi connectivity index (χ1n) is 11.3. The fourth-order valence-electron chi connectivity index (χ4n) is 4.01. The molecular formula is C26H22F3N3O5. The van der Waals surface area contributed by atoms with Gasteiger partial charge in [0.05, 0.1) is 24.4 Å². The molecule has 0 saturated heterocycles. The minimum absolute atomic E-state index is 0.00901. The maximum absolute atomic E-state index is 13.6. The molecule has 2 heterocycles. The Bertz CT molecular complexity index is 1430. The van der Waals surface area contributed by atoms with Crippen molar-refractivity contribution in [2.45, 2.75) is 19.4 Å². The second-order valence-electron chi connectivity index (χ2n) is 8.52. The number of anilines is 1. The van der Waals surface area contributed by atoms with Crippen molar-refractivity contribution < 1.29 is 32.3 Å². The molecule has 3 aromatic rings. The van der Waals surface area contributed by atoms with Gasteiger partial charge in [0.25, 0.3) is 5.56 Å². The van der Waals surface area contributed by atoms with Crippen LogP contribution in [0.15, 0.2) is 53.5 Å². The third-order valence-electron chi connectivity index (χ3n) is 5.92. The van der Waals surface area contributed by atoms with E-state index in [1.807, 2.05) is 0 Å². The van der Waals surface area contributed by atoms with Gasteiger partial charge in [0.1, 0.15) is 12.4 Å². The van der Waals surface area contributed by atoms with Gasteiger partial charge in [-0.25, -0.2) is 13.2 Å². The van der Waals surface area contributed by atoms with Gasteiger partial charge in [-0.1, -0.05) is 6.07 Å². The molecule has 37 heavy (non-hydrogen) atoms. The molecule has 8 nitrogen and oxygen atoms in total. The number of aromatic nitrogens is 1. The van der Waals surface area contributed by atoms with Crippen LogP contribution in [0.2, 0.25) is 0 Å². The van der Waals surface area contributed by atoms with Crippen LogP contribution in [0.4, 0.5) is 18.9 Å². The molecule has 2 amide bonds. The summed E-state index contributed by atoms with van der Waals surface area (Å²) in [5, 5.41) is 5.17. The number of hydrogen-bond acceptors (Lipinski definition) is 5. The lowest BCUT2D eigenvalue weighted by Crippen LogP contribution is -2.34. The first-order valence-corrected chi connectivity index (χ1v) is 11.3. The zero-order chi connectivity index (χ0) is 26.7. The van der Waals surface area contributed by atoms with Gasteiger partial charge in [0.15, 0.2) is 23.2 Å². The number of nitrogens with one attached hydrogen (secondary N) is 2. The first-order chi connectivity index (χ1) is 17.7. The van der Waals surface area contributed by atoms with Crippen LogP contribution in [0.1, 0.15) is 27.9 Å². The quantitative estimate of drug-likeness (QED) is 0.338. The third kappa shape index (κ3) is 5.71. The van der Waals surface area contributed by atoms with Crippen LogP contribution in [-0.2, 0) is 22.6 Å². The second-order valence-corrected chi connectivity index (χ2v) is 8.52. The van der Waals surface area contributed by atoms with E-state index < -0.39 is 40.6 Å². The largest absolute Gasteiger partial charge is 0.493 e. The van der Waals surface area contributed by atoms with Crippen molar-refractivity contribution in [2.75, 3.05) is 19.0 Å². The highest BCUT2D eigenvalue weighted by Gasteiger charge is 2.25. The van der Waals surface area contributed by atoms with Crippen molar-refractivity contribution in [3.8, 4) is 5.75 Å². The Balaban J connectivity index is 1.48. The molecule has 0 aliphatic carbocycles. The molecule has 1 aliphatic rings. The van der Waals surface area contributed by atoms with Crippen LogP contribution in [0, 0.1) is 23.4 Å². The van der Waals surface area contributed by atoms with Gasteiger partial charge >= 0.3 is 0 Å². The predicted octanol–water partition coefficient (Wildman–Crippen LogP) is 2.82. The Morgan fingerprint density at radius 3 is 2.54 bits per heavy atom. The highest BCUT2D eigenvalue weighted by Crippen LogP contribution is 2.28. The van der Waals surface area contributed by atoms with E-state index in [0.717, 1.165) is 22.3 Å². The summed E-state index contributed by atoms with van der Waals surface area (Å²) in [5.74, 6) is -6.19. The lowest BCUT2D eigenvalue weighted by molar-refractivity contribution is -0.125. The monoisotopic (exact) mass is 513 g/mol. The average Bonchev–Trinajstić information content (AvgIpc) is 3.24. The van der Waals surface area contributed by atoms with Crippen molar-refractivity contribution in [1.29, 1.82) is 0 Å². The lowest BCUT2D eigenvalue weighted by Gasteiger charge is -2.16. The molecule has 0 unspecified atom stereocenters. The van der Waals surface area contributed by atoms with Gasteiger partial charge in [-0.15, -0.1) is 0 Å². The van der Waals surface area contributed by atoms with Crippen molar-refractivity contribution in [3.63, 3.8) is 0 Å². The average molecular weight is 513 g/mol. The number of halogens is 3. The van der Waals surface area contributed by atoms with E-state index in [0.29, 0.717) is 11.4 Å². The van der Waals surface area contributed by atoms with E-state index in [-0.39, 0.29) is 43.0 Å². The summed E-state index contributed by atoms with van der Waals surface area (Å²) in [6.45, 7) is -0.474. The lowest BCUT2D eigenvalue weighted by atomic mass is 9.98. The molecule has 1 aliphatic heterocycles. The second kappa shape index (κ2) is 10.7. The molecule has 2 N–H and O–H groups in total. The third-order valence-corrected chi connectivity index (χ3v) is 5.92. The summed E-state index contributed by atoms with van der Waals surface area (Å²) in [5.41, 5.74) is 0.469. The van der Waals surface area contributed by atoms with Crippen molar-refractivity contribution in [3.05, 3.63) is 93.2 Å². The van der Waals surface area contributed by atoms with E-state index in [1.54, 1.807) is 18.2 Å². The van der Waals surface area contributed by atoms with Crippen LogP contribution >= 0.6 is 0 Å². The number of carbonyl (C=O) groups is 3. The number of fused-ring (bicyclic) bond motifs is 1. The molecule has 192 valence electrons. The van der Waals surface area contributed by atoms with Gasteiger partial charge in [0.2, 0.25) is 11.8 Å². The standard InChI is InChI=1S/C26H22F3N3O5/c1-30-25(35)16(13-37-17-5-4-15-10-23(34)31-21(15)11-17)9-22(33)18-3-2-6-32(26(18)36)12-14-7-19(27)24(29)20(28)8-14/h2-8,11,16H,9-10,12-13H2,1H3,(H,30,35)(H,31,34)/t16-/m0/s1. The van der Waals surface area contributed by atoms with Gasteiger partial charge in [0, 0.05) is 31.4 Å². The molecule has 0 saturated carbocycles. The fourth-order valence-corrected chi connectivity index (χ4v) is 4.01. The van der Waals surface area contributed by atoms with Crippen LogP contribution < -0.4 is 20.9 Å². The Kier molecular flexibility index (Phi) is 7.42. The molecule has 1 aromatic heterocycles. The summed E-state index contributed by atoms with van der Waals surface area (Å²) < 4.78 is 47.1. The zero-order valence-electron chi connectivity index (χ0n) is 19.6. The van der Waals surface area contributed by atoms with Crippen LogP contribution in [-0.4, -0.2) is 35.8 Å². The van der Waals surface area contributed by atoms with E-state index in [4.69, 9.17) is 4.74 Å². The summed E-state index contributed by atoms with van der Waals surface area (Å²) in [6.07, 6.45) is 1.25. The number of ether oxygens (including phenoxy) is 1. The van der Waals surface area contributed by atoms with E-state index >= 15 is 0 Å². The molecule has 0 spiro atoms. The Morgan fingerprint density at radius 2 is 1.84 bits per heavy atom. The number of amides is 2. The smallest absolute Gasteiger partial charge is 0.261 e. The van der Waals surface area contributed by atoms with Crippen LogP contribution in [0.5, 0.6) is 5.75 Å². The molecule has 11 heteroatoms. The van der Waals surface area contributed by atoms with Gasteiger partial charge < -0.3 is 19.9 Å². The molecule has 0 radical (unpaired) electrons. The Morgan fingerprint density at radius 1 is 1.11 bits per heavy atom.